The van der Waals surface area contributed by atoms with E-state index >= 15 is 0 Å². The molecule has 0 spiro atoms. The molecule has 0 saturated heterocycles. The monoisotopic (exact) mass is 294 g/mol. The summed E-state index contributed by atoms with van der Waals surface area (Å²) in [7, 11) is 0. The molecule has 1 heterocycles. The highest BCUT2D eigenvalue weighted by molar-refractivity contribution is 7.15. The number of hydrogen-bond donors (Lipinski definition) is 1. The van der Waals surface area contributed by atoms with Crippen LogP contribution in [0.3, 0.4) is 0 Å². The van der Waals surface area contributed by atoms with Crippen molar-refractivity contribution in [1.82, 2.24) is 4.98 Å². The highest BCUT2D eigenvalue weighted by Gasteiger charge is 2.10. The largest absolute Gasteiger partial charge is 0.377 e. The van der Waals surface area contributed by atoms with Crippen molar-refractivity contribution < 1.29 is 8.78 Å². The zero-order chi connectivity index (χ0) is 12.4. The molecule has 7 heteroatoms. The quantitative estimate of drug-likeness (QED) is 0.911. The lowest BCUT2D eigenvalue weighted by atomic mass is 10.3. The molecular weight excluding hydrogens is 289 g/mol. The predicted molar refractivity (Wildman–Crippen MR) is 65.8 cm³/mol. The lowest BCUT2D eigenvalue weighted by molar-refractivity contribution is 0.585. The molecule has 2 aromatic rings. The lowest BCUT2D eigenvalue weighted by Crippen LogP contribution is -2.01. The van der Waals surface area contributed by atoms with Crippen LogP contribution in [0.1, 0.15) is 4.88 Å². The van der Waals surface area contributed by atoms with Crippen molar-refractivity contribution >= 4 is 40.2 Å². The van der Waals surface area contributed by atoms with Crippen molar-refractivity contribution in [3.05, 3.63) is 44.3 Å². The minimum absolute atomic E-state index is 0.00175. The molecule has 0 fully saturated rings. The smallest absolute Gasteiger partial charge is 0.183 e. The normalized spacial score (nSPS) is 10.6. The standard InChI is InChI=1S/C10H6Cl2F2N2S/c11-7-1-5(13)2-8(14)9(7)15-3-6-4-16-10(12)17-6/h1-2,4,15H,3H2. The van der Waals surface area contributed by atoms with Gasteiger partial charge in [0.25, 0.3) is 0 Å². The maximum absolute atomic E-state index is 13.4. The molecule has 0 radical (unpaired) electrons. The Balaban J connectivity index is 2.14. The van der Waals surface area contributed by atoms with Crippen LogP contribution in [0.2, 0.25) is 9.49 Å². The fourth-order valence-corrected chi connectivity index (χ4v) is 2.43. The Labute approximate surface area is 110 Å². The summed E-state index contributed by atoms with van der Waals surface area (Å²) >= 11 is 12.7. The van der Waals surface area contributed by atoms with Gasteiger partial charge in [0.05, 0.1) is 17.3 Å². The van der Waals surface area contributed by atoms with E-state index in [9.17, 15) is 8.78 Å². The van der Waals surface area contributed by atoms with E-state index in [1.54, 1.807) is 6.20 Å². The molecular formula is C10H6Cl2F2N2S. The van der Waals surface area contributed by atoms with Gasteiger partial charge in [-0.3, -0.25) is 0 Å². The molecule has 90 valence electrons. The second-order valence-corrected chi connectivity index (χ2v) is 5.28. The summed E-state index contributed by atoms with van der Waals surface area (Å²) in [6.07, 6.45) is 1.58. The Morgan fingerprint density at radius 3 is 2.65 bits per heavy atom. The van der Waals surface area contributed by atoms with Gasteiger partial charge in [0, 0.05) is 17.1 Å². The Hall–Kier alpha value is -0.910. The van der Waals surface area contributed by atoms with Gasteiger partial charge in [0.15, 0.2) is 10.3 Å². The van der Waals surface area contributed by atoms with Gasteiger partial charge < -0.3 is 5.32 Å². The summed E-state index contributed by atoms with van der Waals surface area (Å²) < 4.78 is 26.6. The van der Waals surface area contributed by atoms with Crippen LogP contribution in [0.5, 0.6) is 0 Å². The van der Waals surface area contributed by atoms with Gasteiger partial charge in [0.2, 0.25) is 0 Å². The summed E-state index contributed by atoms with van der Waals surface area (Å²) in [4.78, 5) is 4.67. The van der Waals surface area contributed by atoms with Crippen molar-refractivity contribution in [1.29, 1.82) is 0 Å². The second-order valence-electron chi connectivity index (χ2n) is 3.18. The SMILES string of the molecule is Fc1cc(F)c(NCc2cnc(Cl)s2)c(Cl)c1. The van der Waals surface area contributed by atoms with Gasteiger partial charge in [-0.25, -0.2) is 13.8 Å². The molecule has 0 unspecified atom stereocenters. The van der Waals surface area contributed by atoms with Crippen LogP contribution in [0.25, 0.3) is 0 Å². The van der Waals surface area contributed by atoms with Crippen LogP contribution in [0.15, 0.2) is 18.3 Å². The number of nitrogens with one attached hydrogen (secondary N) is 1. The fourth-order valence-electron chi connectivity index (χ4n) is 1.25. The average molecular weight is 295 g/mol. The first-order chi connectivity index (χ1) is 8.06. The molecule has 1 aromatic carbocycles. The number of aromatic nitrogens is 1. The van der Waals surface area contributed by atoms with Gasteiger partial charge in [-0.15, -0.1) is 11.3 Å². The van der Waals surface area contributed by atoms with Crippen LogP contribution in [-0.2, 0) is 6.54 Å². The van der Waals surface area contributed by atoms with Crippen LogP contribution in [0.4, 0.5) is 14.5 Å². The average Bonchev–Trinajstić information content (AvgIpc) is 2.62. The number of hydrogen-bond acceptors (Lipinski definition) is 3. The summed E-state index contributed by atoms with van der Waals surface area (Å²) in [6.45, 7) is 0.326. The molecule has 0 aliphatic heterocycles. The molecule has 2 nitrogen and oxygen atoms in total. The summed E-state index contributed by atoms with van der Waals surface area (Å²) in [5.41, 5.74) is 0.0672. The second kappa shape index (κ2) is 5.16. The van der Waals surface area contributed by atoms with E-state index in [1.807, 2.05) is 0 Å². The van der Waals surface area contributed by atoms with Gasteiger partial charge in [-0.2, -0.15) is 0 Å². The minimum Gasteiger partial charge on any atom is -0.377 e. The Kier molecular flexibility index (Phi) is 3.81. The number of halogens is 4. The van der Waals surface area contributed by atoms with Gasteiger partial charge in [0.1, 0.15) is 5.82 Å². The highest BCUT2D eigenvalue weighted by Crippen LogP contribution is 2.27. The molecule has 0 bridgehead atoms. The van der Waals surface area contributed by atoms with Crippen molar-refractivity contribution in [3.8, 4) is 0 Å². The van der Waals surface area contributed by atoms with Crippen LogP contribution in [-0.4, -0.2) is 4.98 Å². The Morgan fingerprint density at radius 1 is 1.29 bits per heavy atom. The highest BCUT2D eigenvalue weighted by atomic mass is 35.5. The summed E-state index contributed by atoms with van der Waals surface area (Å²) in [5, 5.41) is 2.77. The first kappa shape index (κ1) is 12.5. The van der Waals surface area contributed by atoms with Gasteiger partial charge in [-0.05, 0) is 6.07 Å². The van der Waals surface area contributed by atoms with E-state index in [2.05, 4.69) is 10.3 Å². The maximum Gasteiger partial charge on any atom is 0.183 e. The Bertz CT molecular complexity index is 522. The Morgan fingerprint density at radius 2 is 2.06 bits per heavy atom. The van der Waals surface area contributed by atoms with Crippen LogP contribution < -0.4 is 5.32 Å². The van der Waals surface area contributed by atoms with Crippen molar-refractivity contribution in [2.45, 2.75) is 6.54 Å². The molecule has 0 aliphatic carbocycles. The van der Waals surface area contributed by atoms with E-state index in [-0.39, 0.29) is 10.7 Å². The first-order valence-corrected chi connectivity index (χ1v) is 6.12. The lowest BCUT2D eigenvalue weighted by Gasteiger charge is -2.08. The fraction of sp³-hybridized carbons (Fsp3) is 0.100. The summed E-state index contributed by atoms with van der Waals surface area (Å²) in [6, 6.07) is 1.82. The maximum atomic E-state index is 13.4. The number of nitrogens with zero attached hydrogens (tertiary/aromatic N) is 1. The zero-order valence-electron chi connectivity index (χ0n) is 8.31. The zero-order valence-corrected chi connectivity index (χ0v) is 10.6. The molecule has 0 amide bonds. The van der Waals surface area contributed by atoms with Crippen LogP contribution in [0, 0.1) is 11.6 Å². The van der Waals surface area contributed by atoms with Gasteiger partial charge in [-0.1, -0.05) is 23.2 Å². The number of rotatable bonds is 3. The molecule has 0 saturated carbocycles. The number of thiazole rings is 1. The van der Waals surface area contributed by atoms with E-state index < -0.39 is 11.6 Å². The molecule has 17 heavy (non-hydrogen) atoms. The van der Waals surface area contributed by atoms with E-state index in [0.29, 0.717) is 11.0 Å². The first-order valence-electron chi connectivity index (χ1n) is 4.55. The molecule has 0 atom stereocenters. The van der Waals surface area contributed by atoms with Crippen molar-refractivity contribution in [3.63, 3.8) is 0 Å². The van der Waals surface area contributed by atoms with Crippen molar-refractivity contribution in [2.75, 3.05) is 5.32 Å². The van der Waals surface area contributed by atoms with Gasteiger partial charge >= 0.3 is 0 Å². The minimum atomic E-state index is -0.731. The third-order valence-electron chi connectivity index (χ3n) is 1.97. The molecule has 0 aliphatic rings. The number of anilines is 1. The number of benzene rings is 1. The predicted octanol–water partition coefficient (Wildman–Crippen LogP) is 4.34. The molecule has 1 aromatic heterocycles. The molecule has 1 N–H and O–H groups in total. The van der Waals surface area contributed by atoms with E-state index in [1.165, 1.54) is 11.3 Å². The van der Waals surface area contributed by atoms with E-state index in [4.69, 9.17) is 23.2 Å². The summed E-state index contributed by atoms with van der Waals surface area (Å²) in [5.74, 6) is -1.44. The van der Waals surface area contributed by atoms with Crippen LogP contribution >= 0.6 is 34.5 Å². The van der Waals surface area contributed by atoms with Crippen molar-refractivity contribution in [2.24, 2.45) is 0 Å². The topological polar surface area (TPSA) is 24.9 Å². The third kappa shape index (κ3) is 3.06. The third-order valence-corrected chi connectivity index (χ3v) is 3.38. The van der Waals surface area contributed by atoms with E-state index in [0.717, 1.165) is 17.0 Å². The molecule has 2 rings (SSSR count).